The minimum absolute atomic E-state index is 0.155. The lowest BCUT2D eigenvalue weighted by Crippen LogP contribution is -2.42. The van der Waals surface area contributed by atoms with E-state index in [1.165, 1.54) is 7.11 Å². The zero-order chi connectivity index (χ0) is 18.2. The lowest BCUT2D eigenvalue weighted by Gasteiger charge is -2.37. The third-order valence-corrected chi connectivity index (χ3v) is 4.93. The fourth-order valence-electron chi connectivity index (χ4n) is 3.77. The molecule has 1 aromatic carbocycles. The molecular weight excluding hydrogens is 324 g/mol. The van der Waals surface area contributed by atoms with Crippen LogP contribution in [0.4, 0.5) is 0 Å². The van der Waals surface area contributed by atoms with Crippen molar-refractivity contribution in [2.24, 2.45) is 5.41 Å². The third kappa shape index (κ3) is 2.40. The molecule has 2 heterocycles. The number of fused-ring (bicyclic) bond motifs is 3. The molecule has 1 fully saturated rings. The van der Waals surface area contributed by atoms with Crippen LogP contribution >= 0.6 is 0 Å². The van der Waals surface area contributed by atoms with E-state index in [9.17, 15) is 14.9 Å². The molecule has 1 amide bonds. The average molecular weight is 344 g/mol. The van der Waals surface area contributed by atoms with Gasteiger partial charge in [0.25, 0.3) is 0 Å². The molecule has 0 aromatic heterocycles. The minimum Gasteiger partial charge on any atom is -0.493 e. The summed E-state index contributed by atoms with van der Waals surface area (Å²) >= 11 is 0. The van der Waals surface area contributed by atoms with E-state index in [1.54, 1.807) is 25.0 Å². The van der Waals surface area contributed by atoms with E-state index in [1.807, 2.05) is 6.07 Å². The number of ether oxygens (including phenoxy) is 3. The van der Waals surface area contributed by atoms with Gasteiger partial charge in [0, 0.05) is 6.54 Å². The highest BCUT2D eigenvalue weighted by Gasteiger charge is 2.60. The van der Waals surface area contributed by atoms with Crippen molar-refractivity contribution in [2.45, 2.75) is 25.8 Å². The van der Waals surface area contributed by atoms with Gasteiger partial charge < -0.3 is 19.1 Å². The minimum atomic E-state index is -1.54. The number of methoxy groups -OCH3 is 2. The Kier molecular flexibility index (Phi) is 4.29. The number of benzene rings is 1. The van der Waals surface area contributed by atoms with Crippen molar-refractivity contribution in [1.82, 2.24) is 4.90 Å². The maximum absolute atomic E-state index is 12.6. The predicted molar refractivity (Wildman–Crippen MR) is 87.0 cm³/mol. The number of carbonyl (C=O) groups excluding carboxylic acids is 2. The van der Waals surface area contributed by atoms with Crippen molar-refractivity contribution in [3.63, 3.8) is 0 Å². The number of nitrogens with zero attached hydrogens (tertiary/aromatic N) is 2. The first-order valence-corrected chi connectivity index (χ1v) is 8.15. The molecule has 2 atom stereocenters. The predicted octanol–water partition coefficient (Wildman–Crippen LogP) is 1.61. The molecule has 1 aromatic rings. The molecule has 2 aliphatic heterocycles. The summed E-state index contributed by atoms with van der Waals surface area (Å²) in [6.07, 6.45) is 0.461. The van der Waals surface area contributed by atoms with E-state index in [4.69, 9.17) is 14.2 Å². The lowest BCUT2D eigenvalue weighted by atomic mass is 9.75. The Bertz CT molecular complexity index is 769. The molecule has 0 saturated carbocycles. The Labute approximate surface area is 146 Å². The van der Waals surface area contributed by atoms with Gasteiger partial charge in [-0.3, -0.25) is 9.59 Å². The highest BCUT2D eigenvalue weighted by Crippen LogP contribution is 2.52. The fourth-order valence-corrected chi connectivity index (χ4v) is 3.77. The summed E-state index contributed by atoms with van der Waals surface area (Å²) < 4.78 is 15.8. The molecule has 25 heavy (non-hydrogen) atoms. The average Bonchev–Trinajstić information content (AvgIpc) is 2.94. The maximum atomic E-state index is 12.6. The summed E-state index contributed by atoms with van der Waals surface area (Å²) in [5.74, 6) is 0.219. The molecule has 3 rings (SSSR count). The van der Waals surface area contributed by atoms with Crippen LogP contribution in [0, 0.1) is 16.7 Å². The molecule has 7 nitrogen and oxygen atoms in total. The smallest absolute Gasteiger partial charge is 0.329 e. The number of hydrogen-bond acceptors (Lipinski definition) is 6. The van der Waals surface area contributed by atoms with Crippen LogP contribution in [-0.4, -0.2) is 44.1 Å². The van der Waals surface area contributed by atoms with Crippen molar-refractivity contribution in [3.05, 3.63) is 23.3 Å². The topological polar surface area (TPSA) is 88.9 Å². The zero-order valence-electron chi connectivity index (χ0n) is 14.5. The Morgan fingerprint density at radius 1 is 1.36 bits per heavy atom. The SMILES string of the molecule is CCOC(=O)[C@]1(C#N)CC(=O)N2CCc3cc(OC)c(OC)cc3[C@H]21. The van der Waals surface area contributed by atoms with Gasteiger partial charge in [-0.1, -0.05) is 0 Å². The van der Waals surface area contributed by atoms with Crippen LogP contribution in [0.1, 0.15) is 30.5 Å². The first kappa shape index (κ1) is 17.1. The van der Waals surface area contributed by atoms with Crippen LogP contribution in [0.15, 0.2) is 12.1 Å². The Balaban J connectivity index is 2.18. The van der Waals surface area contributed by atoms with E-state index >= 15 is 0 Å². The largest absolute Gasteiger partial charge is 0.493 e. The number of carbonyl (C=O) groups is 2. The Hall–Kier alpha value is -2.75. The van der Waals surface area contributed by atoms with E-state index in [2.05, 4.69) is 6.07 Å². The van der Waals surface area contributed by atoms with Crippen LogP contribution in [0.25, 0.3) is 0 Å². The van der Waals surface area contributed by atoms with Gasteiger partial charge in [0.2, 0.25) is 5.91 Å². The van der Waals surface area contributed by atoms with Crippen LogP contribution in [0.3, 0.4) is 0 Å². The Morgan fingerprint density at radius 2 is 2.04 bits per heavy atom. The molecule has 2 aliphatic rings. The number of hydrogen-bond donors (Lipinski definition) is 0. The van der Waals surface area contributed by atoms with Crippen molar-refractivity contribution in [1.29, 1.82) is 5.26 Å². The standard InChI is InChI=1S/C18H20N2O5/c1-4-25-17(22)18(10-19)9-15(21)20-6-5-11-7-13(23-2)14(24-3)8-12(11)16(18)20/h7-8,16H,4-6,9H2,1-3H3/t16-,18-/m0/s1. The summed E-state index contributed by atoms with van der Waals surface area (Å²) in [5.41, 5.74) is 0.142. The fraction of sp³-hybridized carbons (Fsp3) is 0.500. The van der Waals surface area contributed by atoms with Gasteiger partial charge >= 0.3 is 5.97 Å². The number of amides is 1. The van der Waals surface area contributed by atoms with Crippen molar-refractivity contribution < 1.29 is 23.8 Å². The first-order valence-electron chi connectivity index (χ1n) is 8.15. The summed E-state index contributed by atoms with van der Waals surface area (Å²) in [7, 11) is 3.07. The normalized spacial score (nSPS) is 24.2. The second-order valence-corrected chi connectivity index (χ2v) is 6.13. The number of rotatable bonds is 4. The molecule has 0 radical (unpaired) electrons. The molecule has 0 N–H and O–H groups in total. The molecular formula is C18H20N2O5. The summed E-state index contributed by atoms with van der Waals surface area (Å²) in [6, 6.07) is 5.02. The Morgan fingerprint density at radius 3 is 2.64 bits per heavy atom. The van der Waals surface area contributed by atoms with Crippen molar-refractivity contribution in [3.8, 4) is 17.6 Å². The van der Waals surface area contributed by atoms with Gasteiger partial charge in [-0.25, -0.2) is 0 Å². The van der Waals surface area contributed by atoms with Gasteiger partial charge in [-0.2, -0.15) is 5.26 Å². The number of esters is 1. The van der Waals surface area contributed by atoms with E-state index < -0.39 is 17.4 Å². The lowest BCUT2D eigenvalue weighted by molar-refractivity contribution is -0.153. The quantitative estimate of drug-likeness (QED) is 0.771. The van der Waals surface area contributed by atoms with Crippen LogP contribution in [0.5, 0.6) is 11.5 Å². The zero-order valence-corrected chi connectivity index (χ0v) is 14.5. The highest BCUT2D eigenvalue weighted by molar-refractivity contribution is 5.93. The summed E-state index contributed by atoms with van der Waals surface area (Å²) in [5, 5.41) is 9.84. The van der Waals surface area contributed by atoms with Crippen LogP contribution in [0.2, 0.25) is 0 Å². The molecule has 0 bridgehead atoms. The third-order valence-electron chi connectivity index (χ3n) is 4.93. The highest BCUT2D eigenvalue weighted by atomic mass is 16.5. The van der Waals surface area contributed by atoms with E-state index in [-0.39, 0.29) is 18.9 Å². The number of nitriles is 1. The molecule has 132 valence electrons. The van der Waals surface area contributed by atoms with Crippen molar-refractivity contribution >= 4 is 11.9 Å². The summed E-state index contributed by atoms with van der Waals surface area (Å²) in [6.45, 7) is 2.29. The first-order chi connectivity index (χ1) is 12.0. The van der Waals surface area contributed by atoms with E-state index in [0.29, 0.717) is 24.5 Å². The molecule has 0 aliphatic carbocycles. The molecule has 0 spiro atoms. The van der Waals surface area contributed by atoms with Crippen molar-refractivity contribution in [2.75, 3.05) is 27.4 Å². The van der Waals surface area contributed by atoms with Gasteiger partial charge in [-0.15, -0.1) is 0 Å². The van der Waals surface area contributed by atoms with Crippen LogP contribution < -0.4 is 9.47 Å². The van der Waals surface area contributed by atoms with Gasteiger partial charge in [0.05, 0.1) is 39.4 Å². The monoisotopic (exact) mass is 344 g/mol. The molecule has 7 heteroatoms. The summed E-state index contributed by atoms with van der Waals surface area (Å²) in [4.78, 5) is 26.7. The second kappa shape index (κ2) is 6.28. The molecule has 1 saturated heterocycles. The van der Waals surface area contributed by atoms with E-state index in [0.717, 1.165) is 11.1 Å². The molecule has 0 unspecified atom stereocenters. The van der Waals surface area contributed by atoms with Gasteiger partial charge in [0.1, 0.15) is 0 Å². The maximum Gasteiger partial charge on any atom is 0.329 e. The second-order valence-electron chi connectivity index (χ2n) is 6.13. The van der Waals surface area contributed by atoms with Gasteiger partial charge in [-0.05, 0) is 36.6 Å². The van der Waals surface area contributed by atoms with Gasteiger partial charge in [0.15, 0.2) is 16.9 Å². The van der Waals surface area contributed by atoms with Crippen LogP contribution in [-0.2, 0) is 20.7 Å².